The second kappa shape index (κ2) is 9.61. The summed E-state index contributed by atoms with van der Waals surface area (Å²) >= 11 is 0. The summed E-state index contributed by atoms with van der Waals surface area (Å²) in [5.41, 5.74) is 1.73. The highest BCUT2D eigenvalue weighted by Crippen LogP contribution is 2.30. The number of aromatic amines is 1. The average Bonchev–Trinajstić information content (AvgIpc) is 3.27. The average molecular weight is 432 g/mol. The van der Waals surface area contributed by atoms with Gasteiger partial charge in [-0.2, -0.15) is 0 Å². The summed E-state index contributed by atoms with van der Waals surface area (Å²) in [6, 6.07) is 19.2. The molecular formula is C23H20N4O5. The molecule has 2 aromatic heterocycles. The van der Waals surface area contributed by atoms with Gasteiger partial charge in [0.25, 0.3) is 5.91 Å². The third-order valence-corrected chi connectivity index (χ3v) is 4.69. The molecule has 0 radical (unpaired) electrons. The quantitative estimate of drug-likeness (QED) is 0.439. The second-order valence-corrected chi connectivity index (χ2v) is 6.73. The molecule has 4 rings (SSSR count). The number of hydrogen-bond donors (Lipinski definition) is 2. The number of methoxy groups -OCH3 is 1. The molecular weight excluding hydrogens is 412 g/mol. The predicted octanol–water partition coefficient (Wildman–Crippen LogP) is 2.86. The van der Waals surface area contributed by atoms with Gasteiger partial charge in [0.2, 0.25) is 0 Å². The van der Waals surface area contributed by atoms with Gasteiger partial charge in [-0.05, 0) is 30.3 Å². The number of nitrogens with zero attached hydrogens (tertiary/aromatic N) is 2. The van der Waals surface area contributed by atoms with E-state index in [1.54, 1.807) is 37.6 Å². The normalized spacial score (nSPS) is 11.5. The van der Waals surface area contributed by atoms with Crippen molar-refractivity contribution in [3.8, 4) is 11.5 Å². The molecule has 9 nitrogen and oxygen atoms in total. The zero-order valence-corrected chi connectivity index (χ0v) is 17.1. The lowest BCUT2D eigenvalue weighted by Gasteiger charge is -2.21. The lowest BCUT2D eigenvalue weighted by atomic mass is 10.0. The van der Waals surface area contributed by atoms with E-state index < -0.39 is 11.8 Å². The number of amides is 1. The van der Waals surface area contributed by atoms with Gasteiger partial charge in [0.1, 0.15) is 24.1 Å². The standard InChI is InChI=1S/C23H20N4O5/c1-30-18-11-4-2-8-15(18)21(17-10-6-7-13-24-17)26-22(28)16-9-3-5-12-19(16)31-14-20-25-23(29)32-27-20/h2-13,21H,14H2,1H3,(H,26,28)(H,25,27,29). The van der Waals surface area contributed by atoms with Crippen LogP contribution in [0.25, 0.3) is 0 Å². The predicted molar refractivity (Wildman–Crippen MR) is 114 cm³/mol. The van der Waals surface area contributed by atoms with Gasteiger partial charge in [-0.3, -0.25) is 19.3 Å². The third kappa shape index (κ3) is 4.67. The molecule has 4 aromatic rings. The van der Waals surface area contributed by atoms with Crippen LogP contribution < -0.4 is 20.5 Å². The van der Waals surface area contributed by atoms with Gasteiger partial charge in [0.15, 0.2) is 5.82 Å². The van der Waals surface area contributed by atoms with Crippen molar-refractivity contribution in [2.45, 2.75) is 12.6 Å². The minimum Gasteiger partial charge on any atom is -0.496 e. The molecule has 0 fully saturated rings. The van der Waals surface area contributed by atoms with Crippen LogP contribution in [0.1, 0.15) is 33.5 Å². The van der Waals surface area contributed by atoms with Gasteiger partial charge in [-0.25, -0.2) is 4.79 Å². The van der Waals surface area contributed by atoms with Crippen LogP contribution in [-0.2, 0) is 6.61 Å². The Morgan fingerprint density at radius 3 is 2.53 bits per heavy atom. The Bertz CT molecular complexity index is 1250. The minimum atomic E-state index is -0.676. The van der Waals surface area contributed by atoms with Crippen LogP contribution in [-0.4, -0.2) is 28.1 Å². The lowest BCUT2D eigenvalue weighted by molar-refractivity contribution is 0.0937. The second-order valence-electron chi connectivity index (χ2n) is 6.73. The Balaban J connectivity index is 1.62. The molecule has 0 aliphatic heterocycles. The van der Waals surface area contributed by atoms with Crippen molar-refractivity contribution in [2.75, 3.05) is 7.11 Å². The molecule has 1 unspecified atom stereocenters. The molecule has 1 atom stereocenters. The first-order valence-corrected chi connectivity index (χ1v) is 9.77. The number of nitrogens with one attached hydrogen (secondary N) is 2. The summed E-state index contributed by atoms with van der Waals surface area (Å²) in [5, 5.41) is 6.59. The number of aromatic nitrogens is 3. The maximum atomic E-state index is 13.3. The van der Waals surface area contributed by atoms with Crippen LogP contribution in [0.5, 0.6) is 11.5 Å². The number of hydrogen-bond acceptors (Lipinski definition) is 7. The molecule has 162 valence electrons. The highest BCUT2D eigenvalue weighted by atomic mass is 16.5. The van der Waals surface area contributed by atoms with E-state index in [4.69, 9.17) is 9.47 Å². The van der Waals surface area contributed by atoms with Gasteiger partial charge >= 0.3 is 5.76 Å². The summed E-state index contributed by atoms with van der Waals surface area (Å²) in [6.45, 7) is -0.0633. The van der Waals surface area contributed by atoms with Crippen molar-refractivity contribution in [3.05, 3.63) is 106 Å². The van der Waals surface area contributed by atoms with E-state index in [1.165, 1.54) is 0 Å². The topological polar surface area (TPSA) is 119 Å². The van der Waals surface area contributed by atoms with Crippen molar-refractivity contribution in [2.24, 2.45) is 0 Å². The van der Waals surface area contributed by atoms with E-state index in [0.29, 0.717) is 22.8 Å². The smallest absolute Gasteiger partial charge is 0.439 e. The van der Waals surface area contributed by atoms with E-state index in [9.17, 15) is 9.59 Å². The first-order chi connectivity index (χ1) is 15.7. The highest BCUT2D eigenvalue weighted by Gasteiger charge is 2.23. The molecule has 2 heterocycles. The van der Waals surface area contributed by atoms with E-state index in [0.717, 1.165) is 5.56 Å². The fourth-order valence-electron chi connectivity index (χ4n) is 3.22. The molecule has 9 heteroatoms. The molecule has 0 saturated carbocycles. The van der Waals surface area contributed by atoms with Gasteiger partial charge in [0, 0.05) is 11.8 Å². The maximum Gasteiger partial charge on any atom is 0.439 e. The number of H-pyrrole nitrogens is 1. The SMILES string of the molecule is COc1ccccc1C(NC(=O)c1ccccc1OCc1noc(=O)[nH]1)c1ccccn1. The molecule has 1 amide bonds. The van der Waals surface area contributed by atoms with Crippen molar-refractivity contribution in [1.82, 2.24) is 20.4 Å². The third-order valence-electron chi connectivity index (χ3n) is 4.69. The molecule has 0 bridgehead atoms. The summed E-state index contributed by atoms with van der Waals surface area (Å²) in [7, 11) is 1.58. The zero-order valence-electron chi connectivity index (χ0n) is 17.1. The molecule has 2 N–H and O–H groups in total. The Labute approximate surface area is 183 Å². The van der Waals surface area contributed by atoms with Gasteiger partial charge < -0.3 is 14.8 Å². The Hall–Kier alpha value is -4.40. The lowest BCUT2D eigenvalue weighted by Crippen LogP contribution is -2.30. The Kier molecular flexibility index (Phi) is 6.26. The van der Waals surface area contributed by atoms with Crippen LogP contribution in [0.4, 0.5) is 0 Å². The van der Waals surface area contributed by atoms with Crippen molar-refractivity contribution in [1.29, 1.82) is 0 Å². The fourth-order valence-corrected chi connectivity index (χ4v) is 3.22. The molecule has 32 heavy (non-hydrogen) atoms. The van der Waals surface area contributed by atoms with E-state index >= 15 is 0 Å². The summed E-state index contributed by atoms with van der Waals surface area (Å²) in [4.78, 5) is 31.2. The van der Waals surface area contributed by atoms with Crippen LogP contribution in [0.2, 0.25) is 0 Å². The van der Waals surface area contributed by atoms with Crippen LogP contribution >= 0.6 is 0 Å². The number of pyridine rings is 1. The van der Waals surface area contributed by atoms with Gasteiger partial charge in [0.05, 0.1) is 18.4 Å². The molecule has 0 saturated heterocycles. The number of benzene rings is 2. The molecule has 0 aliphatic rings. The Morgan fingerprint density at radius 1 is 1.06 bits per heavy atom. The first kappa shape index (κ1) is 20.9. The monoisotopic (exact) mass is 432 g/mol. The number of carbonyl (C=O) groups excluding carboxylic acids is 1. The minimum absolute atomic E-state index is 0.0633. The number of carbonyl (C=O) groups is 1. The summed E-state index contributed by atoms with van der Waals surface area (Å²) in [6.07, 6.45) is 1.67. The van der Waals surface area contributed by atoms with Crippen molar-refractivity contribution in [3.63, 3.8) is 0 Å². The number of ether oxygens (including phenoxy) is 2. The Morgan fingerprint density at radius 2 is 1.81 bits per heavy atom. The number of rotatable bonds is 8. The highest BCUT2D eigenvalue weighted by molar-refractivity contribution is 5.97. The fraction of sp³-hybridized carbons (Fsp3) is 0.130. The summed E-state index contributed by atoms with van der Waals surface area (Å²) in [5.74, 6) is 0.127. The molecule has 0 aliphatic carbocycles. The molecule has 0 spiro atoms. The van der Waals surface area contributed by atoms with E-state index in [-0.39, 0.29) is 18.3 Å². The van der Waals surface area contributed by atoms with Crippen molar-refractivity contribution >= 4 is 5.91 Å². The summed E-state index contributed by atoms with van der Waals surface area (Å²) < 4.78 is 15.7. The van der Waals surface area contributed by atoms with Crippen molar-refractivity contribution < 1.29 is 18.8 Å². The first-order valence-electron chi connectivity index (χ1n) is 9.77. The maximum absolute atomic E-state index is 13.3. The van der Waals surface area contributed by atoms with E-state index in [2.05, 4.69) is 25.0 Å². The van der Waals surface area contributed by atoms with Crippen LogP contribution in [0, 0.1) is 0 Å². The van der Waals surface area contributed by atoms with E-state index in [1.807, 2.05) is 42.5 Å². The largest absolute Gasteiger partial charge is 0.496 e. The van der Waals surface area contributed by atoms with Gasteiger partial charge in [-0.15, -0.1) is 0 Å². The van der Waals surface area contributed by atoms with Crippen LogP contribution in [0.15, 0.2) is 82.2 Å². The van der Waals surface area contributed by atoms with Gasteiger partial charge in [-0.1, -0.05) is 41.6 Å². The number of para-hydroxylation sites is 2. The van der Waals surface area contributed by atoms with Crippen LogP contribution in [0.3, 0.4) is 0 Å². The molecule has 2 aromatic carbocycles. The zero-order chi connectivity index (χ0) is 22.3.